The van der Waals surface area contributed by atoms with Gasteiger partial charge in [-0.1, -0.05) is 48.5 Å². The van der Waals surface area contributed by atoms with Crippen LogP contribution in [0.5, 0.6) is 0 Å². The van der Waals surface area contributed by atoms with Crippen LogP contribution in [0.25, 0.3) is 0 Å². The topological polar surface area (TPSA) is 0 Å². The molecule has 2 aromatic carbocycles. The summed E-state index contributed by atoms with van der Waals surface area (Å²) < 4.78 is 0. The third-order valence-corrected chi connectivity index (χ3v) is 13.0. The van der Waals surface area contributed by atoms with E-state index in [1.807, 2.05) is 45.3 Å². The molecule has 40 heavy (non-hydrogen) atoms. The van der Waals surface area contributed by atoms with Gasteiger partial charge in [-0.25, -0.2) is 0 Å². The number of fused-ring (bicyclic) bond motifs is 8. The Morgan fingerprint density at radius 1 is 0.300 bits per heavy atom. The lowest BCUT2D eigenvalue weighted by Gasteiger charge is -2.60. The lowest BCUT2D eigenvalue weighted by molar-refractivity contribution is 0.189. The summed E-state index contributed by atoms with van der Waals surface area (Å²) >= 11 is 7.39. The van der Waals surface area contributed by atoms with Crippen LogP contribution >= 0.6 is 45.3 Å². The van der Waals surface area contributed by atoms with Crippen molar-refractivity contribution in [3.8, 4) is 0 Å². The van der Waals surface area contributed by atoms with Gasteiger partial charge >= 0.3 is 0 Å². The summed E-state index contributed by atoms with van der Waals surface area (Å²) in [5.41, 5.74) is 12.5. The molecule has 0 saturated heterocycles. The van der Waals surface area contributed by atoms with E-state index in [0.717, 1.165) is 0 Å². The SMILES string of the molecule is c1ccc2c(c1)[C@@H]1[C@@H](c3ccsc3)[C@@H](c3ccsc3)[C@@H]1c1ccccc1[C@@H]1[C@@H](c3ccsc3)[C@@H](c3ccsc3)[C@H]21. The van der Waals surface area contributed by atoms with Crippen molar-refractivity contribution in [1.82, 2.24) is 0 Å². The maximum absolute atomic E-state index is 2.49. The molecule has 8 atom stereocenters. The van der Waals surface area contributed by atoms with Gasteiger partial charge in [0.2, 0.25) is 0 Å². The van der Waals surface area contributed by atoms with Crippen molar-refractivity contribution in [2.45, 2.75) is 47.3 Å². The average molecular weight is 589 g/mol. The molecule has 0 aliphatic heterocycles. The second-order valence-corrected chi connectivity index (χ2v) is 14.8. The molecule has 2 fully saturated rings. The number of hydrogen-bond acceptors (Lipinski definition) is 4. The van der Waals surface area contributed by atoms with E-state index < -0.39 is 0 Å². The van der Waals surface area contributed by atoms with E-state index in [-0.39, 0.29) is 0 Å². The third-order valence-electron chi connectivity index (χ3n) is 10.2. The van der Waals surface area contributed by atoms with E-state index >= 15 is 0 Å². The second kappa shape index (κ2) is 9.39. The largest absolute Gasteiger partial charge is 0.152 e. The van der Waals surface area contributed by atoms with Gasteiger partial charge < -0.3 is 0 Å². The van der Waals surface area contributed by atoms with Crippen molar-refractivity contribution in [1.29, 1.82) is 0 Å². The highest BCUT2D eigenvalue weighted by molar-refractivity contribution is 7.08. The van der Waals surface area contributed by atoms with Gasteiger partial charge in [0.05, 0.1) is 0 Å². The van der Waals surface area contributed by atoms with Gasteiger partial charge in [0, 0.05) is 0 Å². The number of hydrogen-bond donors (Lipinski definition) is 0. The van der Waals surface area contributed by atoms with Crippen molar-refractivity contribution in [3.63, 3.8) is 0 Å². The van der Waals surface area contributed by atoms with Gasteiger partial charge in [-0.15, -0.1) is 0 Å². The van der Waals surface area contributed by atoms with E-state index in [4.69, 9.17) is 0 Å². The van der Waals surface area contributed by atoms with Crippen LogP contribution in [0.4, 0.5) is 0 Å². The number of thiophene rings is 4. The number of rotatable bonds is 4. The maximum atomic E-state index is 2.49. The normalized spacial score (nSPS) is 30.0. The van der Waals surface area contributed by atoms with Crippen LogP contribution in [0.2, 0.25) is 0 Å². The highest BCUT2D eigenvalue weighted by Crippen LogP contribution is 2.74. The van der Waals surface area contributed by atoms with Crippen LogP contribution in [0.1, 0.15) is 91.9 Å². The van der Waals surface area contributed by atoms with Gasteiger partial charge in [-0.05, 0) is 159 Å². The molecule has 0 bridgehead atoms. The minimum absolute atomic E-state index is 0.487. The highest BCUT2D eigenvalue weighted by Gasteiger charge is 2.60. The molecule has 196 valence electrons. The first-order chi connectivity index (χ1) is 19.9. The quantitative estimate of drug-likeness (QED) is 0.192. The van der Waals surface area contributed by atoms with Crippen LogP contribution in [-0.2, 0) is 0 Å². The fraction of sp³-hybridized carbons (Fsp3) is 0.222. The van der Waals surface area contributed by atoms with E-state index in [0.29, 0.717) is 47.3 Å². The average Bonchev–Trinajstić information content (AvgIpc) is 3.79. The molecule has 0 N–H and O–H groups in total. The Kier molecular flexibility index (Phi) is 5.61. The molecule has 0 unspecified atom stereocenters. The first kappa shape index (κ1) is 23.9. The van der Waals surface area contributed by atoms with Crippen molar-refractivity contribution < 1.29 is 0 Å². The summed E-state index contributed by atoms with van der Waals surface area (Å²) in [4.78, 5) is 0. The predicted octanol–water partition coefficient (Wildman–Crippen LogP) is 11.1. The predicted molar refractivity (Wildman–Crippen MR) is 172 cm³/mol. The van der Waals surface area contributed by atoms with Crippen LogP contribution in [-0.4, -0.2) is 0 Å². The van der Waals surface area contributed by atoms with Gasteiger partial charge in [0.25, 0.3) is 0 Å². The van der Waals surface area contributed by atoms with Crippen LogP contribution < -0.4 is 0 Å². The Bertz CT molecular complexity index is 1480. The molecular weight excluding hydrogens is 561 g/mol. The highest BCUT2D eigenvalue weighted by atomic mass is 32.1. The Balaban J connectivity index is 1.31. The fourth-order valence-corrected chi connectivity index (χ4v) is 11.6. The van der Waals surface area contributed by atoms with Crippen molar-refractivity contribution in [2.75, 3.05) is 0 Å². The molecule has 6 aromatic rings. The van der Waals surface area contributed by atoms with Gasteiger partial charge in [-0.3, -0.25) is 0 Å². The van der Waals surface area contributed by atoms with E-state index in [9.17, 15) is 0 Å². The molecule has 0 spiro atoms. The maximum Gasteiger partial charge on any atom is -0.000341 e. The molecule has 4 heterocycles. The summed E-state index contributed by atoms with van der Waals surface area (Å²) in [6, 6.07) is 28.7. The Labute approximate surface area is 251 Å². The van der Waals surface area contributed by atoms with E-state index in [1.54, 1.807) is 22.3 Å². The van der Waals surface area contributed by atoms with Crippen LogP contribution in [0.15, 0.2) is 116 Å². The molecule has 0 radical (unpaired) electrons. The molecule has 4 aromatic heterocycles. The standard InChI is InChI=1S/C36H28S4/c1-2-6-26-25(5-1)33-29(21-9-13-37-17-21)30(22-10-14-38-18-22)35(33)27-7-3-4-8-28(27)36-32(24-12-16-40-20-24)31(34(26)36)23-11-15-39-19-23/h1-20,29-36H/t29-,30+,31+,32-,33+,34-,35-,36+. The van der Waals surface area contributed by atoms with Crippen molar-refractivity contribution in [3.05, 3.63) is 160 Å². The Morgan fingerprint density at radius 3 is 0.750 bits per heavy atom. The van der Waals surface area contributed by atoms with Gasteiger partial charge in [-0.2, -0.15) is 45.3 Å². The Morgan fingerprint density at radius 2 is 0.550 bits per heavy atom. The zero-order chi connectivity index (χ0) is 26.2. The zero-order valence-electron chi connectivity index (χ0n) is 21.8. The molecular formula is C36H28S4. The minimum atomic E-state index is 0.487. The van der Waals surface area contributed by atoms with Gasteiger partial charge in [0.15, 0.2) is 0 Å². The third kappa shape index (κ3) is 3.34. The van der Waals surface area contributed by atoms with E-state index in [1.165, 1.54) is 22.3 Å². The molecule has 2 saturated carbocycles. The molecule has 0 nitrogen and oxygen atoms in total. The summed E-state index contributed by atoms with van der Waals surface area (Å²) in [5.74, 6) is 3.96. The molecule has 4 heteroatoms. The van der Waals surface area contributed by atoms with E-state index in [2.05, 4.69) is 116 Å². The number of benzene rings is 2. The minimum Gasteiger partial charge on any atom is -0.152 e. The van der Waals surface area contributed by atoms with Crippen molar-refractivity contribution in [2.24, 2.45) is 0 Å². The molecule has 3 aliphatic rings. The van der Waals surface area contributed by atoms with Crippen molar-refractivity contribution >= 4 is 45.3 Å². The molecule has 9 rings (SSSR count). The van der Waals surface area contributed by atoms with Crippen LogP contribution in [0.3, 0.4) is 0 Å². The lowest BCUT2D eigenvalue weighted by atomic mass is 9.42. The zero-order valence-corrected chi connectivity index (χ0v) is 25.1. The van der Waals surface area contributed by atoms with Gasteiger partial charge in [0.1, 0.15) is 0 Å². The summed E-state index contributed by atoms with van der Waals surface area (Å²) in [7, 11) is 0. The summed E-state index contributed by atoms with van der Waals surface area (Å²) in [5, 5.41) is 18.8. The summed E-state index contributed by atoms with van der Waals surface area (Å²) in [6.45, 7) is 0. The summed E-state index contributed by atoms with van der Waals surface area (Å²) in [6.07, 6.45) is 0. The molecule has 3 aliphatic carbocycles. The van der Waals surface area contributed by atoms with Crippen LogP contribution in [0, 0.1) is 0 Å². The first-order valence-electron chi connectivity index (χ1n) is 14.2. The molecule has 0 amide bonds. The second-order valence-electron chi connectivity index (χ2n) is 11.7. The Hall–Kier alpha value is -2.76. The fourth-order valence-electron chi connectivity index (χ4n) is 8.80. The lowest BCUT2D eigenvalue weighted by Crippen LogP contribution is -2.46. The monoisotopic (exact) mass is 588 g/mol. The first-order valence-corrected chi connectivity index (χ1v) is 17.9. The smallest absolute Gasteiger partial charge is 0.000341 e.